The zero-order valence-corrected chi connectivity index (χ0v) is 10.9. The second-order valence-electron chi connectivity index (χ2n) is 4.35. The number of carbonyl (C=O) groups is 1. The topological polar surface area (TPSA) is 65.8 Å². The number of hydrogen-bond donors (Lipinski definition) is 1. The lowest BCUT2D eigenvalue weighted by molar-refractivity contribution is 0.0950. The minimum absolute atomic E-state index is 0.0598. The van der Waals surface area contributed by atoms with E-state index in [4.69, 9.17) is 5.26 Å². The third-order valence-electron chi connectivity index (χ3n) is 2.76. The van der Waals surface area contributed by atoms with Gasteiger partial charge in [0.1, 0.15) is 5.82 Å². The lowest BCUT2D eigenvalue weighted by Gasteiger charge is -2.07. The maximum absolute atomic E-state index is 13.6. The molecular weight excluding hydrogens is 257 g/mol. The van der Waals surface area contributed by atoms with Gasteiger partial charge in [-0.25, -0.2) is 4.39 Å². The van der Waals surface area contributed by atoms with Crippen LogP contribution in [-0.2, 0) is 6.54 Å². The van der Waals surface area contributed by atoms with Gasteiger partial charge in [0.05, 0.1) is 17.2 Å². The molecule has 0 atom stereocenters. The van der Waals surface area contributed by atoms with Gasteiger partial charge in [-0.2, -0.15) is 5.26 Å². The van der Waals surface area contributed by atoms with Crippen molar-refractivity contribution in [2.45, 2.75) is 13.5 Å². The van der Waals surface area contributed by atoms with E-state index >= 15 is 0 Å². The Labute approximate surface area is 115 Å². The second kappa shape index (κ2) is 5.93. The largest absolute Gasteiger partial charge is 0.348 e. The predicted molar refractivity (Wildman–Crippen MR) is 71.3 cm³/mol. The smallest absolute Gasteiger partial charge is 0.253 e. The van der Waals surface area contributed by atoms with Crippen LogP contribution in [0.15, 0.2) is 36.7 Å². The van der Waals surface area contributed by atoms with E-state index in [-0.39, 0.29) is 18.0 Å². The number of benzene rings is 1. The van der Waals surface area contributed by atoms with E-state index in [1.807, 2.05) is 13.0 Å². The minimum Gasteiger partial charge on any atom is -0.348 e. The molecule has 20 heavy (non-hydrogen) atoms. The number of aromatic nitrogens is 1. The molecular formula is C15H12FN3O. The van der Waals surface area contributed by atoms with Crippen LogP contribution in [0.25, 0.3) is 0 Å². The minimum atomic E-state index is -0.508. The molecule has 5 heteroatoms. The van der Waals surface area contributed by atoms with Crippen LogP contribution in [-0.4, -0.2) is 10.9 Å². The van der Waals surface area contributed by atoms with Gasteiger partial charge in [-0.15, -0.1) is 0 Å². The molecule has 0 radical (unpaired) electrons. The van der Waals surface area contributed by atoms with Crippen LogP contribution in [0.3, 0.4) is 0 Å². The van der Waals surface area contributed by atoms with E-state index in [1.54, 1.807) is 12.3 Å². The Hall–Kier alpha value is -2.74. The first kappa shape index (κ1) is 13.7. The monoisotopic (exact) mass is 269 g/mol. The molecule has 0 spiro atoms. The molecule has 100 valence electrons. The van der Waals surface area contributed by atoms with Crippen LogP contribution in [0.2, 0.25) is 0 Å². The zero-order chi connectivity index (χ0) is 14.5. The van der Waals surface area contributed by atoms with Gasteiger partial charge in [0, 0.05) is 24.5 Å². The molecule has 1 aromatic carbocycles. The number of nitriles is 1. The van der Waals surface area contributed by atoms with Crippen molar-refractivity contribution in [3.8, 4) is 6.07 Å². The second-order valence-corrected chi connectivity index (χ2v) is 4.35. The highest BCUT2D eigenvalue weighted by atomic mass is 19.1. The lowest BCUT2D eigenvalue weighted by Crippen LogP contribution is -2.23. The van der Waals surface area contributed by atoms with Crippen molar-refractivity contribution in [3.63, 3.8) is 0 Å². The molecule has 0 aliphatic rings. The highest BCUT2D eigenvalue weighted by Crippen LogP contribution is 2.10. The summed E-state index contributed by atoms with van der Waals surface area (Å²) in [5.41, 5.74) is 1.89. The molecule has 4 nitrogen and oxygen atoms in total. The molecule has 0 fully saturated rings. The van der Waals surface area contributed by atoms with Crippen LogP contribution < -0.4 is 5.32 Å². The maximum atomic E-state index is 13.6. The van der Waals surface area contributed by atoms with Crippen LogP contribution in [0.4, 0.5) is 4.39 Å². The number of nitrogens with zero attached hydrogens (tertiary/aromatic N) is 2. The average Bonchev–Trinajstić information content (AvgIpc) is 2.45. The summed E-state index contributed by atoms with van der Waals surface area (Å²) in [5.74, 6) is -0.823. The summed E-state index contributed by atoms with van der Waals surface area (Å²) in [6, 6.07) is 7.71. The van der Waals surface area contributed by atoms with Crippen LogP contribution >= 0.6 is 0 Å². The van der Waals surface area contributed by atoms with Crippen molar-refractivity contribution in [2.75, 3.05) is 0 Å². The summed E-state index contributed by atoms with van der Waals surface area (Å²) >= 11 is 0. The summed E-state index contributed by atoms with van der Waals surface area (Å²) in [5, 5.41) is 11.3. The van der Waals surface area contributed by atoms with Crippen LogP contribution in [0, 0.1) is 24.1 Å². The third kappa shape index (κ3) is 3.18. The van der Waals surface area contributed by atoms with E-state index in [0.717, 1.165) is 11.6 Å². The fourth-order valence-electron chi connectivity index (χ4n) is 1.72. The van der Waals surface area contributed by atoms with E-state index in [2.05, 4.69) is 10.3 Å². The highest BCUT2D eigenvalue weighted by Gasteiger charge is 2.08. The quantitative estimate of drug-likeness (QED) is 0.930. The van der Waals surface area contributed by atoms with E-state index in [1.165, 1.54) is 18.3 Å². The number of carbonyl (C=O) groups excluding carboxylic acids is 1. The molecule has 1 aromatic heterocycles. The van der Waals surface area contributed by atoms with Gasteiger partial charge in [0.15, 0.2) is 0 Å². The van der Waals surface area contributed by atoms with Crippen molar-refractivity contribution in [3.05, 3.63) is 64.7 Å². The van der Waals surface area contributed by atoms with Crippen molar-refractivity contribution in [1.29, 1.82) is 5.26 Å². The van der Waals surface area contributed by atoms with Crippen molar-refractivity contribution in [1.82, 2.24) is 10.3 Å². The van der Waals surface area contributed by atoms with Crippen molar-refractivity contribution >= 4 is 5.91 Å². The number of rotatable bonds is 3. The maximum Gasteiger partial charge on any atom is 0.253 e. The Morgan fingerprint density at radius 3 is 2.85 bits per heavy atom. The molecule has 2 rings (SSSR count). The molecule has 0 unspecified atom stereocenters. The SMILES string of the molecule is Cc1cncc(C(=O)NCc2ccc(C#N)cc2F)c1. The van der Waals surface area contributed by atoms with Gasteiger partial charge in [0.2, 0.25) is 0 Å². The first-order valence-corrected chi connectivity index (χ1v) is 5.98. The summed E-state index contributed by atoms with van der Waals surface area (Å²) < 4.78 is 13.6. The Balaban J connectivity index is 2.06. The Morgan fingerprint density at radius 2 is 2.20 bits per heavy atom. The lowest BCUT2D eigenvalue weighted by atomic mass is 10.1. The van der Waals surface area contributed by atoms with E-state index in [9.17, 15) is 9.18 Å². The molecule has 1 amide bonds. The summed E-state index contributed by atoms with van der Waals surface area (Å²) in [7, 11) is 0. The number of nitrogens with one attached hydrogen (secondary N) is 1. The van der Waals surface area contributed by atoms with Gasteiger partial charge in [0.25, 0.3) is 5.91 Å². The summed E-state index contributed by atoms with van der Waals surface area (Å²) in [6.07, 6.45) is 3.11. The fraction of sp³-hybridized carbons (Fsp3) is 0.133. The molecule has 0 bridgehead atoms. The van der Waals surface area contributed by atoms with Crippen molar-refractivity contribution in [2.24, 2.45) is 0 Å². The number of amides is 1. The standard InChI is InChI=1S/C15H12FN3O/c1-10-4-13(8-18-7-10)15(20)19-9-12-3-2-11(6-17)5-14(12)16/h2-5,7-8H,9H2,1H3,(H,19,20). The Morgan fingerprint density at radius 1 is 1.40 bits per heavy atom. The molecule has 2 aromatic rings. The number of halogens is 1. The van der Waals surface area contributed by atoms with Gasteiger partial charge >= 0.3 is 0 Å². The fourth-order valence-corrected chi connectivity index (χ4v) is 1.72. The van der Waals surface area contributed by atoms with E-state index in [0.29, 0.717) is 11.1 Å². The molecule has 0 aliphatic heterocycles. The molecule has 0 aliphatic carbocycles. The number of hydrogen-bond acceptors (Lipinski definition) is 3. The highest BCUT2D eigenvalue weighted by molar-refractivity contribution is 5.93. The summed E-state index contributed by atoms with van der Waals surface area (Å²) in [4.78, 5) is 15.8. The Bertz CT molecular complexity index is 692. The Kier molecular flexibility index (Phi) is 4.06. The van der Waals surface area contributed by atoms with E-state index < -0.39 is 5.82 Å². The van der Waals surface area contributed by atoms with Gasteiger partial charge in [-0.05, 0) is 30.7 Å². The zero-order valence-electron chi connectivity index (χ0n) is 10.9. The average molecular weight is 269 g/mol. The predicted octanol–water partition coefficient (Wildman–Crippen LogP) is 2.33. The first-order valence-electron chi connectivity index (χ1n) is 5.98. The van der Waals surface area contributed by atoms with Gasteiger partial charge in [-0.1, -0.05) is 6.07 Å². The van der Waals surface area contributed by atoms with Gasteiger partial charge in [-0.3, -0.25) is 9.78 Å². The molecule has 0 saturated carbocycles. The summed E-state index contributed by atoms with van der Waals surface area (Å²) in [6.45, 7) is 1.90. The molecule has 1 N–H and O–H groups in total. The molecule has 1 heterocycles. The van der Waals surface area contributed by atoms with Crippen LogP contribution in [0.5, 0.6) is 0 Å². The molecule has 0 saturated heterocycles. The number of aryl methyl sites for hydroxylation is 1. The third-order valence-corrected chi connectivity index (χ3v) is 2.76. The van der Waals surface area contributed by atoms with Crippen LogP contribution in [0.1, 0.15) is 27.0 Å². The number of pyridine rings is 1. The van der Waals surface area contributed by atoms with Gasteiger partial charge < -0.3 is 5.32 Å². The normalized spacial score (nSPS) is 9.85. The van der Waals surface area contributed by atoms with Crippen molar-refractivity contribution < 1.29 is 9.18 Å². The first-order chi connectivity index (χ1) is 9.60.